The van der Waals surface area contributed by atoms with E-state index in [1.165, 1.54) is 103 Å². The molecule has 0 unspecified atom stereocenters. The van der Waals surface area contributed by atoms with Gasteiger partial charge in [-0.15, -0.1) is 0 Å². The highest BCUT2D eigenvalue weighted by Gasteiger charge is 2.11. The van der Waals surface area contributed by atoms with Gasteiger partial charge in [0, 0.05) is 0 Å². The molecule has 0 bridgehead atoms. The second kappa shape index (κ2) is 18.1. The smallest absolute Gasteiger partial charge is 0.337 e. The molecule has 31 heavy (non-hydrogen) atoms. The van der Waals surface area contributed by atoms with Crippen LogP contribution in [-0.2, 0) is 4.74 Å². The van der Waals surface area contributed by atoms with Crippen molar-refractivity contribution in [3.8, 4) is 5.75 Å². The van der Waals surface area contributed by atoms with Crippen LogP contribution in [0, 0.1) is 13.8 Å². The van der Waals surface area contributed by atoms with Crippen LogP contribution in [0.25, 0.3) is 0 Å². The minimum atomic E-state index is -0.310. The Balaban J connectivity index is 1.97. The van der Waals surface area contributed by atoms with Gasteiger partial charge in [0.15, 0.2) is 0 Å². The standard InChI is InChI=1S/C28H48O3/c1-5-6-7-8-9-10-11-12-13-14-15-16-17-18-19-20-21-31-27-23-26(28(29)30-4)22-24(2)25(27)3/h22-23H,5-21H2,1-4H3. The maximum absolute atomic E-state index is 11.8. The van der Waals surface area contributed by atoms with Gasteiger partial charge in [-0.25, -0.2) is 4.79 Å². The summed E-state index contributed by atoms with van der Waals surface area (Å²) in [6.45, 7) is 7.04. The Morgan fingerprint density at radius 3 is 1.61 bits per heavy atom. The highest BCUT2D eigenvalue weighted by Crippen LogP contribution is 2.24. The number of benzene rings is 1. The molecule has 0 radical (unpaired) electrons. The van der Waals surface area contributed by atoms with E-state index < -0.39 is 0 Å². The lowest BCUT2D eigenvalue weighted by molar-refractivity contribution is 0.0600. The highest BCUT2D eigenvalue weighted by atomic mass is 16.5. The summed E-state index contributed by atoms with van der Waals surface area (Å²) in [6.07, 6.45) is 21.9. The Hall–Kier alpha value is -1.51. The van der Waals surface area contributed by atoms with Gasteiger partial charge in [0.1, 0.15) is 5.75 Å². The fraction of sp³-hybridized carbons (Fsp3) is 0.750. The van der Waals surface area contributed by atoms with Crippen molar-refractivity contribution in [2.24, 2.45) is 0 Å². The molecule has 3 heteroatoms. The topological polar surface area (TPSA) is 35.5 Å². The van der Waals surface area contributed by atoms with Crippen molar-refractivity contribution in [3.63, 3.8) is 0 Å². The summed E-state index contributed by atoms with van der Waals surface area (Å²) in [5.74, 6) is 0.497. The maximum atomic E-state index is 11.8. The average molecular weight is 433 g/mol. The predicted octanol–water partition coefficient (Wildman–Crippen LogP) is 8.73. The van der Waals surface area contributed by atoms with Gasteiger partial charge in [0.05, 0.1) is 19.3 Å². The van der Waals surface area contributed by atoms with Crippen LogP contribution < -0.4 is 4.74 Å². The fourth-order valence-corrected chi connectivity index (χ4v) is 4.04. The summed E-state index contributed by atoms with van der Waals surface area (Å²) >= 11 is 0. The lowest BCUT2D eigenvalue weighted by atomic mass is 10.0. The first kappa shape index (κ1) is 27.5. The molecule has 0 N–H and O–H groups in total. The van der Waals surface area contributed by atoms with Crippen LogP contribution in [0.4, 0.5) is 0 Å². The maximum Gasteiger partial charge on any atom is 0.337 e. The summed E-state index contributed by atoms with van der Waals surface area (Å²) in [7, 11) is 1.41. The van der Waals surface area contributed by atoms with Crippen LogP contribution in [0.1, 0.15) is 131 Å². The minimum absolute atomic E-state index is 0.310. The lowest BCUT2D eigenvalue weighted by Gasteiger charge is -2.13. The van der Waals surface area contributed by atoms with E-state index in [1.54, 1.807) is 6.07 Å². The van der Waals surface area contributed by atoms with Gasteiger partial charge in [0.2, 0.25) is 0 Å². The molecule has 1 aromatic carbocycles. The lowest BCUT2D eigenvalue weighted by Crippen LogP contribution is -2.05. The molecule has 0 aliphatic heterocycles. The van der Waals surface area contributed by atoms with Crippen molar-refractivity contribution < 1.29 is 14.3 Å². The molecule has 0 saturated carbocycles. The first-order valence-electron chi connectivity index (χ1n) is 12.9. The van der Waals surface area contributed by atoms with Crippen LogP contribution in [0.2, 0.25) is 0 Å². The Bertz CT molecular complexity index is 594. The Labute approximate surface area is 192 Å². The quantitative estimate of drug-likeness (QED) is 0.162. The summed E-state index contributed by atoms with van der Waals surface area (Å²) in [5, 5.41) is 0. The molecule has 1 rings (SSSR count). The number of ether oxygens (including phenoxy) is 2. The number of hydrogen-bond acceptors (Lipinski definition) is 3. The highest BCUT2D eigenvalue weighted by molar-refractivity contribution is 5.90. The third kappa shape index (κ3) is 12.8. The van der Waals surface area contributed by atoms with Crippen molar-refractivity contribution in [2.75, 3.05) is 13.7 Å². The van der Waals surface area contributed by atoms with Gasteiger partial charge < -0.3 is 9.47 Å². The van der Waals surface area contributed by atoms with Crippen LogP contribution in [0.15, 0.2) is 12.1 Å². The minimum Gasteiger partial charge on any atom is -0.493 e. The zero-order valence-corrected chi connectivity index (χ0v) is 20.9. The predicted molar refractivity (Wildman–Crippen MR) is 132 cm³/mol. The number of carbonyl (C=O) groups excluding carboxylic acids is 1. The molecule has 178 valence electrons. The molecule has 0 aliphatic carbocycles. The Morgan fingerprint density at radius 2 is 1.16 bits per heavy atom. The number of hydrogen-bond donors (Lipinski definition) is 0. The zero-order valence-electron chi connectivity index (χ0n) is 20.9. The van der Waals surface area contributed by atoms with Gasteiger partial charge in [-0.1, -0.05) is 103 Å². The molecule has 0 atom stereocenters. The van der Waals surface area contributed by atoms with Gasteiger partial charge in [-0.3, -0.25) is 0 Å². The number of carbonyl (C=O) groups is 1. The van der Waals surface area contributed by atoms with Gasteiger partial charge in [0.25, 0.3) is 0 Å². The molecule has 1 aromatic rings. The van der Waals surface area contributed by atoms with Crippen LogP contribution in [-0.4, -0.2) is 19.7 Å². The van der Waals surface area contributed by atoms with E-state index in [4.69, 9.17) is 9.47 Å². The molecule has 0 aliphatic rings. The fourth-order valence-electron chi connectivity index (χ4n) is 4.04. The second-order valence-corrected chi connectivity index (χ2v) is 9.06. The van der Waals surface area contributed by atoms with Gasteiger partial charge in [-0.2, -0.15) is 0 Å². The largest absolute Gasteiger partial charge is 0.493 e. The van der Waals surface area contributed by atoms with Crippen LogP contribution in [0.5, 0.6) is 5.75 Å². The monoisotopic (exact) mass is 432 g/mol. The normalized spacial score (nSPS) is 11.0. The van der Waals surface area contributed by atoms with Crippen molar-refractivity contribution in [3.05, 3.63) is 28.8 Å². The Morgan fingerprint density at radius 1 is 0.710 bits per heavy atom. The van der Waals surface area contributed by atoms with E-state index in [-0.39, 0.29) is 5.97 Å². The first-order chi connectivity index (χ1) is 15.1. The van der Waals surface area contributed by atoms with Crippen LogP contribution in [0.3, 0.4) is 0 Å². The number of rotatable bonds is 19. The van der Waals surface area contributed by atoms with E-state index in [9.17, 15) is 4.79 Å². The van der Waals surface area contributed by atoms with Crippen LogP contribution >= 0.6 is 0 Å². The molecule has 0 heterocycles. The van der Waals surface area contributed by atoms with E-state index >= 15 is 0 Å². The first-order valence-corrected chi connectivity index (χ1v) is 12.9. The molecule has 0 fully saturated rings. The third-order valence-corrected chi connectivity index (χ3v) is 6.30. The molecular weight excluding hydrogens is 384 g/mol. The van der Waals surface area contributed by atoms with Gasteiger partial charge in [-0.05, 0) is 43.5 Å². The molecule has 0 saturated heterocycles. The second-order valence-electron chi connectivity index (χ2n) is 9.06. The molecule has 0 spiro atoms. The van der Waals surface area contributed by atoms with E-state index in [0.717, 1.165) is 23.3 Å². The van der Waals surface area contributed by atoms with Gasteiger partial charge >= 0.3 is 5.97 Å². The molecule has 0 amide bonds. The SMILES string of the molecule is CCCCCCCCCCCCCCCCCCOc1cc(C(=O)OC)cc(C)c1C. The number of esters is 1. The number of methoxy groups -OCH3 is 1. The van der Waals surface area contributed by atoms with Crippen molar-refractivity contribution >= 4 is 5.97 Å². The van der Waals surface area contributed by atoms with E-state index in [2.05, 4.69) is 6.92 Å². The van der Waals surface area contributed by atoms with Crippen molar-refractivity contribution in [2.45, 2.75) is 124 Å². The number of unbranched alkanes of at least 4 members (excludes halogenated alkanes) is 15. The molecule has 0 aromatic heterocycles. The summed E-state index contributed by atoms with van der Waals surface area (Å²) in [6, 6.07) is 3.67. The molecular formula is C28H48O3. The van der Waals surface area contributed by atoms with Crippen molar-refractivity contribution in [1.29, 1.82) is 0 Å². The summed E-state index contributed by atoms with van der Waals surface area (Å²) in [5.41, 5.74) is 2.72. The zero-order chi connectivity index (χ0) is 22.7. The average Bonchev–Trinajstić information content (AvgIpc) is 2.77. The molecule has 3 nitrogen and oxygen atoms in total. The number of aryl methyl sites for hydroxylation is 1. The summed E-state index contributed by atoms with van der Waals surface area (Å²) < 4.78 is 10.8. The Kier molecular flexibility index (Phi) is 16.1. The summed E-state index contributed by atoms with van der Waals surface area (Å²) in [4.78, 5) is 11.8. The van der Waals surface area contributed by atoms with Crippen molar-refractivity contribution in [1.82, 2.24) is 0 Å². The van der Waals surface area contributed by atoms with E-state index in [0.29, 0.717) is 12.2 Å². The third-order valence-electron chi connectivity index (χ3n) is 6.30. The van der Waals surface area contributed by atoms with E-state index in [1.807, 2.05) is 19.9 Å².